The van der Waals surface area contributed by atoms with E-state index in [0.29, 0.717) is 5.56 Å². The maximum atomic E-state index is 12.5. The van der Waals surface area contributed by atoms with Crippen LogP contribution in [0, 0.1) is 0 Å². The van der Waals surface area contributed by atoms with E-state index in [4.69, 9.17) is 9.84 Å². The molecule has 23 heavy (non-hydrogen) atoms. The average Bonchev–Trinajstić information content (AvgIpc) is 2.52. The van der Waals surface area contributed by atoms with Gasteiger partial charge >= 0.3 is 11.9 Å². The minimum absolute atomic E-state index is 0.199. The van der Waals surface area contributed by atoms with Crippen molar-refractivity contribution < 1.29 is 24.2 Å². The maximum absolute atomic E-state index is 12.5. The monoisotopic (exact) mass is 312 g/mol. The van der Waals surface area contributed by atoms with Crippen molar-refractivity contribution in [3.63, 3.8) is 0 Å². The first kappa shape index (κ1) is 16.4. The van der Waals surface area contributed by atoms with Crippen molar-refractivity contribution in [1.82, 2.24) is 0 Å². The molecule has 2 rings (SSSR count). The Hall–Kier alpha value is -2.95. The van der Waals surface area contributed by atoms with Crippen LogP contribution in [0.4, 0.5) is 0 Å². The number of Topliss-reactive ketones (excluding diaryl/α,β-unsaturated/α-hetero) is 1. The molecular weight excluding hydrogens is 296 g/mol. The van der Waals surface area contributed by atoms with E-state index in [-0.39, 0.29) is 11.4 Å². The highest BCUT2D eigenvalue weighted by atomic mass is 16.5. The number of benzene rings is 2. The number of ether oxygens (including phenoxy) is 1. The van der Waals surface area contributed by atoms with Gasteiger partial charge < -0.3 is 9.84 Å². The molecule has 0 spiro atoms. The second kappa shape index (κ2) is 6.87. The van der Waals surface area contributed by atoms with Crippen molar-refractivity contribution in [2.75, 3.05) is 0 Å². The average molecular weight is 312 g/mol. The number of esters is 1. The summed E-state index contributed by atoms with van der Waals surface area (Å²) in [6.45, 7) is 4.82. The summed E-state index contributed by atoms with van der Waals surface area (Å²) in [6, 6.07) is 12.7. The molecule has 1 N–H and O–H groups in total. The Labute approximate surface area is 133 Å². The molecule has 0 heterocycles. The zero-order chi connectivity index (χ0) is 17.0. The zero-order valence-electron chi connectivity index (χ0n) is 12.6. The molecule has 0 saturated carbocycles. The number of fused-ring (bicyclic) bond motifs is 1. The van der Waals surface area contributed by atoms with Gasteiger partial charge in [-0.3, -0.25) is 9.59 Å². The van der Waals surface area contributed by atoms with Crippen LogP contribution in [0.5, 0.6) is 0 Å². The van der Waals surface area contributed by atoms with Gasteiger partial charge in [-0.2, -0.15) is 0 Å². The summed E-state index contributed by atoms with van der Waals surface area (Å²) in [7, 11) is 0. The summed E-state index contributed by atoms with van der Waals surface area (Å²) < 4.78 is 5.03. The lowest BCUT2D eigenvalue weighted by Gasteiger charge is -2.14. The summed E-state index contributed by atoms with van der Waals surface area (Å²) in [5.41, 5.74) is 0.252. The van der Waals surface area contributed by atoms with Gasteiger partial charge in [-0.15, -0.1) is 0 Å². The van der Waals surface area contributed by atoms with Gasteiger partial charge in [-0.1, -0.05) is 49.0 Å². The van der Waals surface area contributed by atoms with Crippen molar-refractivity contribution in [1.29, 1.82) is 0 Å². The highest BCUT2D eigenvalue weighted by Gasteiger charge is 2.23. The van der Waals surface area contributed by atoms with Crippen molar-refractivity contribution in [3.8, 4) is 0 Å². The minimum Gasteiger partial charge on any atom is -0.481 e. The van der Waals surface area contributed by atoms with Crippen LogP contribution < -0.4 is 0 Å². The van der Waals surface area contributed by atoms with Gasteiger partial charge in [0.2, 0.25) is 5.78 Å². The Morgan fingerprint density at radius 3 is 2.48 bits per heavy atom. The summed E-state index contributed by atoms with van der Waals surface area (Å²) in [4.78, 5) is 34.8. The Morgan fingerprint density at radius 1 is 1.13 bits per heavy atom. The standard InChI is InChI=1S/C18H16O5/c1-11(10-16(19)20)18(22)23-12(2)17(21)15-9-5-7-13-6-3-4-8-14(13)15/h3-9,12H,1,10H2,2H3,(H,19,20). The van der Waals surface area contributed by atoms with Gasteiger partial charge in [0.05, 0.1) is 6.42 Å². The smallest absolute Gasteiger partial charge is 0.334 e. The van der Waals surface area contributed by atoms with Gasteiger partial charge in [0.25, 0.3) is 0 Å². The highest BCUT2D eigenvalue weighted by Crippen LogP contribution is 2.20. The molecule has 1 unspecified atom stereocenters. The van der Waals surface area contributed by atoms with E-state index in [1.807, 2.05) is 30.3 Å². The molecule has 0 radical (unpaired) electrons. The molecule has 0 aliphatic rings. The van der Waals surface area contributed by atoms with Crippen LogP contribution in [0.3, 0.4) is 0 Å². The Balaban J connectivity index is 2.17. The van der Waals surface area contributed by atoms with E-state index in [1.54, 1.807) is 12.1 Å². The van der Waals surface area contributed by atoms with E-state index in [1.165, 1.54) is 6.92 Å². The molecule has 0 aliphatic carbocycles. The van der Waals surface area contributed by atoms with Crippen molar-refractivity contribution in [2.45, 2.75) is 19.4 Å². The molecule has 0 saturated heterocycles. The largest absolute Gasteiger partial charge is 0.481 e. The first-order valence-corrected chi connectivity index (χ1v) is 7.02. The van der Waals surface area contributed by atoms with Crippen LogP contribution in [-0.2, 0) is 14.3 Å². The Morgan fingerprint density at radius 2 is 1.78 bits per heavy atom. The Kier molecular flexibility index (Phi) is 4.91. The fourth-order valence-corrected chi connectivity index (χ4v) is 2.21. The molecule has 1 atom stereocenters. The van der Waals surface area contributed by atoms with Crippen LogP contribution >= 0.6 is 0 Å². The highest BCUT2D eigenvalue weighted by molar-refractivity contribution is 6.10. The molecule has 0 aromatic heterocycles. The van der Waals surface area contributed by atoms with Gasteiger partial charge in [0.15, 0.2) is 6.10 Å². The number of hydrogen-bond acceptors (Lipinski definition) is 4. The fourth-order valence-electron chi connectivity index (χ4n) is 2.21. The number of hydrogen-bond donors (Lipinski definition) is 1. The van der Waals surface area contributed by atoms with E-state index >= 15 is 0 Å². The van der Waals surface area contributed by atoms with Crippen LogP contribution in [0.1, 0.15) is 23.7 Å². The molecule has 0 fully saturated rings. The van der Waals surface area contributed by atoms with Crippen molar-refractivity contribution in [2.24, 2.45) is 0 Å². The minimum atomic E-state index is -1.18. The molecule has 5 nitrogen and oxygen atoms in total. The SMILES string of the molecule is C=C(CC(=O)O)C(=O)OC(C)C(=O)c1cccc2ccccc12. The third-order valence-electron chi connectivity index (χ3n) is 3.36. The van der Waals surface area contributed by atoms with E-state index in [2.05, 4.69) is 6.58 Å². The predicted molar refractivity (Wildman–Crippen MR) is 85.2 cm³/mol. The molecule has 0 amide bonds. The lowest BCUT2D eigenvalue weighted by molar-refractivity contribution is -0.144. The maximum Gasteiger partial charge on any atom is 0.334 e. The number of carbonyl (C=O) groups is 3. The van der Waals surface area contributed by atoms with Gasteiger partial charge in [0.1, 0.15) is 0 Å². The van der Waals surface area contributed by atoms with Crippen LogP contribution in [0.15, 0.2) is 54.6 Å². The summed E-state index contributed by atoms with van der Waals surface area (Å²) in [5.74, 6) is -2.41. The van der Waals surface area contributed by atoms with Crippen LogP contribution in [0.25, 0.3) is 10.8 Å². The first-order valence-electron chi connectivity index (χ1n) is 7.02. The molecule has 2 aromatic rings. The molecule has 2 aromatic carbocycles. The summed E-state index contributed by atoms with van der Waals surface area (Å²) in [6.07, 6.45) is -1.55. The number of rotatable bonds is 6. The lowest BCUT2D eigenvalue weighted by atomic mass is 9.99. The first-order chi connectivity index (χ1) is 10.9. The fraction of sp³-hybridized carbons (Fsp3) is 0.167. The number of carbonyl (C=O) groups excluding carboxylic acids is 2. The van der Waals surface area contributed by atoms with E-state index in [9.17, 15) is 14.4 Å². The normalized spacial score (nSPS) is 11.7. The van der Waals surface area contributed by atoms with Crippen molar-refractivity contribution in [3.05, 3.63) is 60.2 Å². The molecule has 5 heteroatoms. The zero-order valence-corrected chi connectivity index (χ0v) is 12.6. The second-order valence-electron chi connectivity index (χ2n) is 5.11. The number of carboxylic acid groups (broad SMARTS) is 1. The summed E-state index contributed by atoms with van der Waals surface area (Å²) in [5, 5.41) is 10.3. The topological polar surface area (TPSA) is 80.7 Å². The van der Waals surface area contributed by atoms with Gasteiger partial charge in [-0.05, 0) is 17.7 Å². The number of ketones is 1. The number of carboxylic acids is 1. The van der Waals surface area contributed by atoms with E-state index in [0.717, 1.165) is 10.8 Å². The lowest BCUT2D eigenvalue weighted by Crippen LogP contribution is -2.25. The molecule has 118 valence electrons. The summed E-state index contributed by atoms with van der Waals surface area (Å²) >= 11 is 0. The predicted octanol–water partition coefficient (Wildman–Crippen LogP) is 2.99. The molecule has 0 aliphatic heterocycles. The van der Waals surface area contributed by atoms with E-state index < -0.39 is 24.5 Å². The third kappa shape index (κ3) is 3.83. The van der Waals surface area contributed by atoms with Crippen LogP contribution in [0.2, 0.25) is 0 Å². The quantitative estimate of drug-likeness (QED) is 0.504. The van der Waals surface area contributed by atoms with Gasteiger partial charge in [0, 0.05) is 11.1 Å². The number of aliphatic carboxylic acids is 1. The molecular formula is C18H16O5. The van der Waals surface area contributed by atoms with Crippen molar-refractivity contribution >= 4 is 28.5 Å². The third-order valence-corrected chi connectivity index (χ3v) is 3.36. The van der Waals surface area contributed by atoms with Gasteiger partial charge in [-0.25, -0.2) is 4.79 Å². The Bertz CT molecular complexity index is 786. The van der Waals surface area contributed by atoms with Crippen LogP contribution in [-0.4, -0.2) is 28.9 Å². The molecule has 0 bridgehead atoms. The second-order valence-corrected chi connectivity index (χ2v) is 5.11.